The molecule has 0 atom stereocenters. The van der Waals surface area contributed by atoms with Gasteiger partial charge in [0, 0.05) is 26.7 Å². The van der Waals surface area contributed by atoms with E-state index in [0.29, 0.717) is 0 Å². The molecule has 1 saturated heterocycles. The van der Waals surface area contributed by atoms with Crippen molar-refractivity contribution in [1.29, 1.82) is 0 Å². The van der Waals surface area contributed by atoms with Crippen LogP contribution < -0.4 is 4.90 Å². The van der Waals surface area contributed by atoms with Crippen molar-refractivity contribution in [2.24, 2.45) is 0 Å². The van der Waals surface area contributed by atoms with Crippen molar-refractivity contribution in [3.8, 4) is 0 Å². The number of anilines is 1. The Morgan fingerprint density at radius 2 is 2.05 bits per heavy atom. The summed E-state index contributed by atoms with van der Waals surface area (Å²) in [5.74, 6) is 0.998. The minimum Gasteiger partial charge on any atom is -0.379 e. The molecule has 1 aromatic rings. The number of nitrogens with zero attached hydrogens (tertiary/aromatic N) is 3. The minimum absolute atomic E-state index is 0.731. The van der Waals surface area contributed by atoms with E-state index in [0.717, 1.165) is 49.4 Å². The third-order valence-electron chi connectivity index (χ3n) is 3.72. The summed E-state index contributed by atoms with van der Waals surface area (Å²) in [5.41, 5.74) is 0.893. The second-order valence-corrected chi connectivity index (χ2v) is 5.73. The smallest absolute Gasteiger partial charge is 0.128 e. The van der Waals surface area contributed by atoms with Gasteiger partial charge in [0.25, 0.3) is 0 Å². The first kappa shape index (κ1) is 15.5. The molecule has 0 amide bonds. The van der Waals surface area contributed by atoms with Gasteiger partial charge in [-0.05, 0) is 38.4 Å². The van der Waals surface area contributed by atoms with E-state index < -0.39 is 0 Å². The molecule has 0 saturated carbocycles. The van der Waals surface area contributed by atoms with E-state index >= 15 is 0 Å². The normalized spacial score (nSPS) is 16.4. The van der Waals surface area contributed by atoms with Crippen LogP contribution in [0.15, 0.2) is 12.1 Å². The van der Waals surface area contributed by atoms with Gasteiger partial charge < -0.3 is 9.64 Å². The van der Waals surface area contributed by atoms with Crippen molar-refractivity contribution in [1.82, 2.24) is 9.88 Å². The van der Waals surface area contributed by atoms with Crippen LogP contribution in [-0.4, -0.2) is 56.3 Å². The Bertz CT molecular complexity index is 422. The van der Waals surface area contributed by atoms with Crippen LogP contribution in [0.2, 0.25) is 5.02 Å². The van der Waals surface area contributed by atoms with Gasteiger partial charge in [-0.1, -0.05) is 11.6 Å². The quantitative estimate of drug-likeness (QED) is 0.755. The third-order valence-corrected chi connectivity index (χ3v) is 4.12. The SMILES string of the molecule is Cc1nc(N(C)CCCCN2CCOCC2)ccc1Cl. The number of morpholine rings is 1. The lowest BCUT2D eigenvalue weighted by Gasteiger charge is -2.27. The Balaban J connectivity index is 1.69. The van der Waals surface area contributed by atoms with Gasteiger partial charge in [0.05, 0.1) is 23.9 Å². The zero-order valence-electron chi connectivity index (χ0n) is 12.4. The van der Waals surface area contributed by atoms with E-state index in [9.17, 15) is 0 Å². The first-order valence-corrected chi connectivity index (χ1v) is 7.69. The van der Waals surface area contributed by atoms with Gasteiger partial charge in [0.15, 0.2) is 0 Å². The summed E-state index contributed by atoms with van der Waals surface area (Å²) in [6.07, 6.45) is 2.40. The van der Waals surface area contributed by atoms with Crippen LogP contribution in [0.25, 0.3) is 0 Å². The van der Waals surface area contributed by atoms with Crippen LogP contribution >= 0.6 is 11.6 Å². The number of aromatic nitrogens is 1. The molecule has 0 spiro atoms. The molecule has 2 heterocycles. The van der Waals surface area contributed by atoms with Crippen LogP contribution in [0, 0.1) is 6.92 Å². The van der Waals surface area contributed by atoms with Crippen LogP contribution in [0.3, 0.4) is 0 Å². The summed E-state index contributed by atoms with van der Waals surface area (Å²) in [7, 11) is 2.09. The van der Waals surface area contributed by atoms with E-state index in [2.05, 4.69) is 21.8 Å². The van der Waals surface area contributed by atoms with Crippen molar-refractivity contribution in [3.63, 3.8) is 0 Å². The molecule has 0 N–H and O–H groups in total. The highest BCUT2D eigenvalue weighted by atomic mass is 35.5. The fraction of sp³-hybridized carbons (Fsp3) is 0.667. The number of hydrogen-bond donors (Lipinski definition) is 0. The largest absolute Gasteiger partial charge is 0.379 e. The van der Waals surface area contributed by atoms with Crippen LogP contribution in [0.4, 0.5) is 5.82 Å². The van der Waals surface area contributed by atoms with E-state index in [1.807, 2.05) is 19.1 Å². The molecule has 1 aliphatic heterocycles. The average Bonchev–Trinajstić information content (AvgIpc) is 2.47. The maximum absolute atomic E-state index is 6.00. The third kappa shape index (κ3) is 4.62. The van der Waals surface area contributed by atoms with Gasteiger partial charge in [-0.2, -0.15) is 0 Å². The van der Waals surface area contributed by atoms with Crippen molar-refractivity contribution < 1.29 is 4.74 Å². The number of pyridine rings is 1. The number of ether oxygens (including phenoxy) is 1. The lowest BCUT2D eigenvalue weighted by molar-refractivity contribution is 0.0372. The highest BCUT2D eigenvalue weighted by Crippen LogP contribution is 2.17. The first-order chi connectivity index (χ1) is 9.66. The summed E-state index contributed by atoms with van der Waals surface area (Å²) in [5, 5.41) is 0.731. The summed E-state index contributed by atoms with van der Waals surface area (Å²) in [6, 6.07) is 3.90. The Kier molecular flexibility index (Phi) is 6.07. The first-order valence-electron chi connectivity index (χ1n) is 7.31. The molecule has 1 fully saturated rings. The Labute approximate surface area is 126 Å². The molecule has 4 nitrogen and oxygen atoms in total. The monoisotopic (exact) mass is 297 g/mol. The fourth-order valence-corrected chi connectivity index (χ4v) is 2.47. The zero-order chi connectivity index (χ0) is 14.4. The topological polar surface area (TPSA) is 28.6 Å². The number of aryl methyl sites for hydroxylation is 1. The van der Waals surface area contributed by atoms with E-state index in [1.54, 1.807) is 0 Å². The highest BCUT2D eigenvalue weighted by Gasteiger charge is 2.10. The van der Waals surface area contributed by atoms with Crippen molar-refractivity contribution in [2.75, 3.05) is 51.3 Å². The van der Waals surface area contributed by atoms with E-state index in [4.69, 9.17) is 16.3 Å². The van der Waals surface area contributed by atoms with E-state index in [1.165, 1.54) is 19.4 Å². The van der Waals surface area contributed by atoms with Crippen LogP contribution in [-0.2, 0) is 4.74 Å². The maximum Gasteiger partial charge on any atom is 0.128 e. The minimum atomic E-state index is 0.731. The Hall–Kier alpha value is -0.840. The fourth-order valence-electron chi connectivity index (χ4n) is 2.37. The number of unbranched alkanes of at least 4 members (excludes halogenated alkanes) is 1. The van der Waals surface area contributed by atoms with Gasteiger partial charge in [0.2, 0.25) is 0 Å². The van der Waals surface area contributed by atoms with Gasteiger partial charge in [0.1, 0.15) is 5.82 Å². The predicted octanol–water partition coefficient (Wildman–Crippen LogP) is 2.59. The Morgan fingerprint density at radius 3 is 2.75 bits per heavy atom. The molecule has 2 rings (SSSR count). The lowest BCUT2D eigenvalue weighted by Crippen LogP contribution is -2.37. The van der Waals surface area contributed by atoms with Gasteiger partial charge >= 0.3 is 0 Å². The van der Waals surface area contributed by atoms with Gasteiger partial charge in [-0.3, -0.25) is 4.90 Å². The summed E-state index contributed by atoms with van der Waals surface area (Å²) in [4.78, 5) is 9.19. The molecular formula is C15H24ClN3O. The van der Waals surface area contributed by atoms with E-state index in [-0.39, 0.29) is 0 Å². The molecule has 0 bridgehead atoms. The Morgan fingerprint density at radius 1 is 1.30 bits per heavy atom. The molecule has 0 aliphatic carbocycles. The van der Waals surface area contributed by atoms with Crippen LogP contribution in [0.5, 0.6) is 0 Å². The molecule has 20 heavy (non-hydrogen) atoms. The van der Waals surface area contributed by atoms with Crippen molar-refractivity contribution in [2.45, 2.75) is 19.8 Å². The summed E-state index contributed by atoms with van der Waals surface area (Å²) >= 11 is 6.00. The molecule has 5 heteroatoms. The summed E-state index contributed by atoms with van der Waals surface area (Å²) in [6.45, 7) is 8.06. The highest BCUT2D eigenvalue weighted by molar-refractivity contribution is 6.31. The summed E-state index contributed by atoms with van der Waals surface area (Å²) < 4.78 is 5.35. The molecule has 0 aromatic carbocycles. The predicted molar refractivity (Wildman–Crippen MR) is 83.7 cm³/mol. The molecule has 0 radical (unpaired) electrons. The number of hydrogen-bond acceptors (Lipinski definition) is 4. The molecule has 0 unspecified atom stereocenters. The average molecular weight is 298 g/mol. The number of rotatable bonds is 6. The molecule has 1 aliphatic rings. The second-order valence-electron chi connectivity index (χ2n) is 5.32. The van der Waals surface area contributed by atoms with Gasteiger partial charge in [-0.25, -0.2) is 4.98 Å². The molecule has 112 valence electrons. The standard InChI is InChI=1S/C15H24ClN3O/c1-13-14(16)5-6-15(17-13)18(2)7-3-4-8-19-9-11-20-12-10-19/h5-6H,3-4,7-12H2,1-2H3. The second kappa shape index (κ2) is 7.81. The number of halogens is 1. The molecule has 1 aromatic heterocycles. The lowest BCUT2D eigenvalue weighted by atomic mass is 10.2. The van der Waals surface area contributed by atoms with Crippen LogP contribution in [0.1, 0.15) is 18.5 Å². The van der Waals surface area contributed by atoms with Crippen molar-refractivity contribution >= 4 is 17.4 Å². The maximum atomic E-state index is 6.00. The zero-order valence-corrected chi connectivity index (χ0v) is 13.2. The van der Waals surface area contributed by atoms with Gasteiger partial charge in [-0.15, -0.1) is 0 Å². The molecular weight excluding hydrogens is 274 g/mol. The van der Waals surface area contributed by atoms with Crippen molar-refractivity contribution in [3.05, 3.63) is 22.8 Å².